The van der Waals surface area contributed by atoms with E-state index in [1.165, 1.54) is 35.2 Å². The molecule has 0 radical (unpaired) electrons. The lowest BCUT2D eigenvalue weighted by Crippen LogP contribution is -2.46. The Balaban J connectivity index is 1.16. The third kappa shape index (κ3) is 4.22. The molecule has 6 heteroatoms. The Bertz CT molecular complexity index is 768. The fourth-order valence-electron chi connectivity index (χ4n) is 4.19. The second kappa shape index (κ2) is 8.48. The number of thiophene rings is 1. The van der Waals surface area contributed by atoms with E-state index < -0.39 is 0 Å². The highest BCUT2D eigenvalue weighted by Crippen LogP contribution is 2.31. The average Bonchev–Trinajstić information content (AvgIpc) is 3.30. The van der Waals surface area contributed by atoms with Crippen LogP contribution in [0.2, 0.25) is 0 Å². The smallest absolute Gasteiger partial charge is 0.319 e. The van der Waals surface area contributed by atoms with E-state index >= 15 is 0 Å². The molecule has 1 aromatic carbocycles. The topological polar surface area (TPSA) is 30.0 Å². The number of urea groups is 1. The second-order valence-electron chi connectivity index (χ2n) is 7.69. The van der Waals surface area contributed by atoms with Crippen molar-refractivity contribution in [3.63, 3.8) is 0 Å². The highest BCUT2D eigenvalue weighted by atomic mass is 32.1. The van der Waals surface area contributed by atoms with Crippen LogP contribution < -0.4 is 4.90 Å². The normalized spacial score (nSPS) is 18.9. The van der Waals surface area contributed by atoms with Crippen LogP contribution in [0.1, 0.15) is 19.3 Å². The Morgan fingerprint density at radius 3 is 2.52 bits per heavy atom. The monoisotopic (exact) mass is 386 g/mol. The molecular weight excluding hydrogens is 356 g/mol. The van der Waals surface area contributed by atoms with Crippen LogP contribution in [0.25, 0.3) is 10.1 Å². The van der Waals surface area contributed by atoms with Gasteiger partial charge in [-0.05, 0) is 43.0 Å². The molecule has 3 heterocycles. The molecule has 5 nitrogen and oxygen atoms in total. The van der Waals surface area contributed by atoms with Crippen LogP contribution in [0.15, 0.2) is 29.6 Å². The number of hydrogen-bond donors (Lipinski definition) is 0. The van der Waals surface area contributed by atoms with Crippen LogP contribution in [0.4, 0.5) is 10.5 Å². The highest BCUT2D eigenvalue weighted by Gasteiger charge is 2.24. The number of unbranched alkanes of at least 4 members (excludes halogenated alkanes) is 2. The summed E-state index contributed by atoms with van der Waals surface area (Å²) in [5, 5.41) is 3.59. The Kier molecular flexibility index (Phi) is 5.83. The molecule has 2 saturated heterocycles. The molecule has 27 heavy (non-hydrogen) atoms. The summed E-state index contributed by atoms with van der Waals surface area (Å²) >= 11 is 1.83. The van der Waals surface area contributed by atoms with E-state index in [-0.39, 0.29) is 6.03 Å². The molecule has 2 aliphatic rings. The Hall–Kier alpha value is -1.79. The van der Waals surface area contributed by atoms with E-state index in [0.717, 1.165) is 52.2 Å². The Morgan fingerprint density at radius 2 is 1.74 bits per heavy atom. The molecule has 2 amide bonds. The van der Waals surface area contributed by atoms with Crippen LogP contribution in [0.3, 0.4) is 0 Å². The molecule has 4 rings (SSSR count). The fourth-order valence-corrected chi connectivity index (χ4v) is 5.00. The molecule has 0 N–H and O–H groups in total. The molecule has 0 saturated carbocycles. The van der Waals surface area contributed by atoms with Gasteiger partial charge in [0.1, 0.15) is 0 Å². The van der Waals surface area contributed by atoms with Crippen molar-refractivity contribution in [2.75, 3.05) is 64.3 Å². The number of fused-ring (bicyclic) bond motifs is 1. The molecule has 0 bridgehead atoms. The van der Waals surface area contributed by atoms with E-state index in [1.54, 1.807) is 0 Å². The third-order valence-corrected chi connectivity index (χ3v) is 6.77. The van der Waals surface area contributed by atoms with Gasteiger partial charge in [-0.1, -0.05) is 12.5 Å². The highest BCUT2D eigenvalue weighted by molar-refractivity contribution is 7.17. The fraction of sp³-hybridized carbons (Fsp3) is 0.571. The zero-order chi connectivity index (χ0) is 18.6. The number of amides is 2. The lowest BCUT2D eigenvalue weighted by Gasteiger charge is -2.36. The molecule has 0 unspecified atom stereocenters. The summed E-state index contributed by atoms with van der Waals surface area (Å²) < 4.78 is 1.39. The minimum Gasteiger partial charge on any atom is -0.368 e. The molecule has 0 spiro atoms. The summed E-state index contributed by atoms with van der Waals surface area (Å²) in [6, 6.07) is 9.12. The zero-order valence-corrected chi connectivity index (χ0v) is 17.1. The molecule has 2 fully saturated rings. The van der Waals surface area contributed by atoms with Crippen LogP contribution >= 0.6 is 11.3 Å². The first-order valence-electron chi connectivity index (χ1n) is 10.2. The number of carbonyl (C=O) groups excluding carboxylic acids is 1. The molecule has 1 aromatic heterocycles. The van der Waals surface area contributed by atoms with Crippen LogP contribution in [-0.2, 0) is 0 Å². The van der Waals surface area contributed by atoms with Gasteiger partial charge in [0.05, 0.1) is 0 Å². The van der Waals surface area contributed by atoms with Gasteiger partial charge in [-0.25, -0.2) is 4.79 Å². The van der Waals surface area contributed by atoms with Crippen molar-refractivity contribution in [1.82, 2.24) is 14.7 Å². The first kappa shape index (κ1) is 18.6. The largest absolute Gasteiger partial charge is 0.368 e. The van der Waals surface area contributed by atoms with Crippen molar-refractivity contribution in [3.8, 4) is 0 Å². The van der Waals surface area contributed by atoms with E-state index in [0.29, 0.717) is 0 Å². The molecule has 0 atom stereocenters. The summed E-state index contributed by atoms with van der Waals surface area (Å²) in [6.45, 7) is 8.40. The van der Waals surface area contributed by atoms with Crippen molar-refractivity contribution in [2.45, 2.75) is 19.3 Å². The van der Waals surface area contributed by atoms with Crippen LogP contribution in [-0.4, -0.2) is 80.1 Å². The maximum atomic E-state index is 11.9. The van der Waals surface area contributed by atoms with Gasteiger partial charge in [0.25, 0.3) is 0 Å². The van der Waals surface area contributed by atoms with Gasteiger partial charge in [-0.2, -0.15) is 0 Å². The minimum atomic E-state index is 0.201. The summed E-state index contributed by atoms with van der Waals surface area (Å²) in [4.78, 5) is 20.8. The summed E-state index contributed by atoms with van der Waals surface area (Å²) in [6.07, 6.45) is 3.57. The van der Waals surface area contributed by atoms with Crippen LogP contribution in [0, 0.1) is 0 Å². The number of nitrogens with zero attached hydrogens (tertiary/aromatic N) is 4. The Labute approximate surface area is 166 Å². The SMILES string of the molecule is CN1CCN(CCCCCN2CCN(c3cccc4sccc34)CC2)C1=O. The second-order valence-corrected chi connectivity index (χ2v) is 8.64. The van der Waals surface area contributed by atoms with E-state index in [4.69, 9.17) is 0 Å². The molecule has 2 aliphatic heterocycles. The van der Waals surface area contributed by atoms with Gasteiger partial charge in [-0.3, -0.25) is 4.90 Å². The quantitative estimate of drug-likeness (QED) is 0.682. The maximum Gasteiger partial charge on any atom is 0.319 e. The van der Waals surface area contributed by atoms with Crippen molar-refractivity contribution in [2.24, 2.45) is 0 Å². The minimum absolute atomic E-state index is 0.201. The van der Waals surface area contributed by atoms with Crippen molar-refractivity contribution < 1.29 is 4.79 Å². The van der Waals surface area contributed by atoms with Gasteiger partial charge in [0.15, 0.2) is 0 Å². The predicted molar refractivity (Wildman–Crippen MR) is 114 cm³/mol. The summed E-state index contributed by atoms with van der Waals surface area (Å²) in [5.41, 5.74) is 1.40. The molecule has 0 aliphatic carbocycles. The maximum absolute atomic E-state index is 11.9. The number of likely N-dealkylation sites (N-methyl/N-ethyl adjacent to an activating group) is 1. The average molecular weight is 387 g/mol. The molecule has 146 valence electrons. The van der Waals surface area contributed by atoms with Crippen molar-refractivity contribution in [1.29, 1.82) is 0 Å². The number of piperazine rings is 1. The van der Waals surface area contributed by atoms with Crippen molar-refractivity contribution >= 4 is 33.1 Å². The zero-order valence-electron chi connectivity index (χ0n) is 16.3. The van der Waals surface area contributed by atoms with Crippen molar-refractivity contribution in [3.05, 3.63) is 29.6 Å². The Morgan fingerprint density at radius 1 is 0.926 bits per heavy atom. The number of benzene rings is 1. The third-order valence-electron chi connectivity index (χ3n) is 5.89. The number of rotatable bonds is 7. The van der Waals surface area contributed by atoms with E-state index in [1.807, 2.05) is 28.2 Å². The molecule has 2 aromatic rings. The predicted octanol–water partition coefficient (Wildman–Crippen LogP) is 3.56. The summed E-state index contributed by atoms with van der Waals surface area (Å²) in [7, 11) is 1.89. The van der Waals surface area contributed by atoms with Gasteiger partial charge in [0, 0.05) is 68.6 Å². The van der Waals surface area contributed by atoms with Gasteiger partial charge in [-0.15, -0.1) is 11.3 Å². The number of anilines is 1. The van der Waals surface area contributed by atoms with Gasteiger partial charge < -0.3 is 14.7 Å². The lowest BCUT2D eigenvalue weighted by atomic mass is 10.1. The molecular formula is C21H30N4OS. The summed E-state index contributed by atoms with van der Waals surface area (Å²) in [5.74, 6) is 0. The number of hydrogen-bond acceptors (Lipinski definition) is 4. The number of carbonyl (C=O) groups is 1. The van der Waals surface area contributed by atoms with E-state index in [2.05, 4.69) is 39.4 Å². The van der Waals surface area contributed by atoms with E-state index in [9.17, 15) is 4.79 Å². The van der Waals surface area contributed by atoms with Gasteiger partial charge in [0.2, 0.25) is 0 Å². The van der Waals surface area contributed by atoms with Crippen LogP contribution in [0.5, 0.6) is 0 Å². The first-order chi connectivity index (χ1) is 13.2. The standard InChI is InChI=1S/C21H30N4OS/c1-22-11-14-25(21(22)26)10-4-2-3-9-23-12-15-24(16-13-23)19-6-5-7-20-18(19)8-17-27-20/h5-8,17H,2-4,9-16H2,1H3. The lowest BCUT2D eigenvalue weighted by molar-refractivity contribution is 0.197. The first-order valence-corrected chi connectivity index (χ1v) is 11.0. The van der Waals surface area contributed by atoms with Gasteiger partial charge >= 0.3 is 6.03 Å².